The highest BCUT2D eigenvalue weighted by molar-refractivity contribution is 7.85. The topological polar surface area (TPSA) is 102 Å². The van der Waals surface area contributed by atoms with Crippen molar-refractivity contribution in [2.75, 3.05) is 0 Å². The van der Waals surface area contributed by atoms with Gasteiger partial charge >= 0.3 is 6.01 Å². The molecule has 0 saturated carbocycles. The molecule has 0 atom stereocenters. The zero-order chi connectivity index (χ0) is 14.0. The van der Waals surface area contributed by atoms with Gasteiger partial charge in [0.25, 0.3) is 10.1 Å². The molecule has 0 unspecified atom stereocenters. The molecule has 100 valence electrons. The molecule has 0 bridgehead atoms. The van der Waals surface area contributed by atoms with Crippen LogP contribution in [0.1, 0.15) is 0 Å². The molecule has 0 fully saturated rings. The lowest BCUT2D eigenvalue weighted by molar-refractivity contribution is 0.436. The first-order valence-corrected chi connectivity index (χ1v) is 6.87. The van der Waals surface area contributed by atoms with E-state index in [4.69, 9.17) is 32.5 Å². The summed E-state index contributed by atoms with van der Waals surface area (Å²) in [5, 5.41) is -0.332. The lowest BCUT2D eigenvalue weighted by atomic mass is 10.3. The normalized spacial score (nSPS) is 11.3. The van der Waals surface area contributed by atoms with E-state index in [-0.39, 0.29) is 27.2 Å². The first-order chi connectivity index (χ1) is 8.84. The van der Waals surface area contributed by atoms with Gasteiger partial charge in [-0.05, 0) is 35.3 Å². The monoisotopic (exact) mass is 321 g/mol. The van der Waals surface area contributed by atoms with Crippen LogP contribution in [0.15, 0.2) is 29.2 Å². The summed E-state index contributed by atoms with van der Waals surface area (Å²) >= 11 is 11.1. The van der Waals surface area contributed by atoms with Crippen LogP contribution >= 0.6 is 23.2 Å². The summed E-state index contributed by atoms with van der Waals surface area (Å²) in [6.07, 6.45) is 0. The Morgan fingerprint density at radius 3 is 2.32 bits per heavy atom. The Morgan fingerprint density at radius 1 is 1.11 bits per heavy atom. The number of rotatable bonds is 3. The van der Waals surface area contributed by atoms with Crippen LogP contribution < -0.4 is 4.74 Å². The van der Waals surface area contributed by atoms with Crippen LogP contribution in [-0.4, -0.2) is 27.9 Å². The Labute approximate surface area is 117 Å². The van der Waals surface area contributed by atoms with Crippen molar-refractivity contribution in [3.63, 3.8) is 0 Å². The van der Waals surface area contributed by atoms with Crippen LogP contribution in [0.25, 0.3) is 0 Å². The maximum atomic E-state index is 11.0. The van der Waals surface area contributed by atoms with Crippen molar-refractivity contribution in [2.24, 2.45) is 0 Å². The van der Waals surface area contributed by atoms with E-state index in [0.717, 1.165) is 6.07 Å². The van der Waals surface area contributed by atoms with Gasteiger partial charge in [-0.2, -0.15) is 23.4 Å². The van der Waals surface area contributed by atoms with Crippen molar-refractivity contribution < 1.29 is 17.7 Å². The van der Waals surface area contributed by atoms with E-state index in [9.17, 15) is 8.42 Å². The maximum Gasteiger partial charge on any atom is 0.327 e. The Morgan fingerprint density at radius 2 is 1.74 bits per heavy atom. The van der Waals surface area contributed by atoms with Crippen LogP contribution in [0.2, 0.25) is 10.6 Å². The summed E-state index contributed by atoms with van der Waals surface area (Å²) < 4.78 is 36.0. The number of hydrogen-bond donors (Lipinski definition) is 1. The highest BCUT2D eigenvalue weighted by atomic mass is 35.5. The van der Waals surface area contributed by atoms with E-state index in [2.05, 4.69) is 15.0 Å². The summed E-state index contributed by atoms with van der Waals surface area (Å²) in [6.45, 7) is 0. The van der Waals surface area contributed by atoms with Crippen molar-refractivity contribution in [1.82, 2.24) is 15.0 Å². The van der Waals surface area contributed by atoms with E-state index in [1.54, 1.807) is 0 Å². The molecular weight excluding hydrogens is 317 g/mol. The second-order valence-corrected chi connectivity index (χ2v) is 5.31. The van der Waals surface area contributed by atoms with Crippen LogP contribution in [-0.2, 0) is 10.1 Å². The minimum absolute atomic E-state index is 0.0912. The van der Waals surface area contributed by atoms with Gasteiger partial charge in [-0.25, -0.2) is 0 Å². The second-order valence-electron chi connectivity index (χ2n) is 3.21. The number of benzene rings is 1. The summed E-state index contributed by atoms with van der Waals surface area (Å²) in [4.78, 5) is 10.5. The molecule has 0 amide bonds. The fraction of sp³-hybridized carbons (Fsp3) is 0. The molecule has 0 radical (unpaired) electrons. The first-order valence-electron chi connectivity index (χ1n) is 4.67. The maximum absolute atomic E-state index is 11.0. The molecule has 19 heavy (non-hydrogen) atoms. The van der Waals surface area contributed by atoms with E-state index >= 15 is 0 Å². The second kappa shape index (κ2) is 5.25. The third-order valence-corrected chi connectivity index (χ3v) is 3.06. The summed E-state index contributed by atoms with van der Waals surface area (Å²) in [7, 11) is -4.32. The lowest BCUT2D eigenvalue weighted by Crippen LogP contribution is -1.99. The number of nitrogens with zero attached hydrogens (tertiary/aromatic N) is 3. The zero-order valence-corrected chi connectivity index (χ0v) is 11.3. The molecule has 0 aliphatic rings. The van der Waals surface area contributed by atoms with Gasteiger partial charge in [0, 0.05) is 6.07 Å². The lowest BCUT2D eigenvalue weighted by Gasteiger charge is -2.05. The predicted octanol–water partition coefficient (Wildman–Crippen LogP) is 2.22. The van der Waals surface area contributed by atoms with Gasteiger partial charge in [0.2, 0.25) is 10.6 Å². The Kier molecular flexibility index (Phi) is 3.85. The van der Waals surface area contributed by atoms with Crippen LogP contribution in [0.5, 0.6) is 11.8 Å². The molecule has 1 heterocycles. The summed E-state index contributed by atoms with van der Waals surface area (Å²) in [5.41, 5.74) is 0. The molecule has 0 aliphatic heterocycles. The van der Waals surface area contributed by atoms with Crippen molar-refractivity contribution in [3.8, 4) is 11.8 Å². The predicted molar refractivity (Wildman–Crippen MR) is 66.2 cm³/mol. The van der Waals surface area contributed by atoms with E-state index in [0.29, 0.717) is 0 Å². The molecule has 1 aromatic heterocycles. The fourth-order valence-electron chi connectivity index (χ4n) is 1.16. The average Bonchev–Trinajstić information content (AvgIpc) is 2.26. The number of aromatic nitrogens is 3. The molecule has 1 aromatic carbocycles. The molecule has 10 heteroatoms. The van der Waals surface area contributed by atoms with Crippen LogP contribution in [0.4, 0.5) is 0 Å². The zero-order valence-electron chi connectivity index (χ0n) is 8.99. The summed E-state index contributed by atoms with van der Waals surface area (Å²) in [5.74, 6) is 0.0912. The van der Waals surface area contributed by atoms with Crippen LogP contribution in [0.3, 0.4) is 0 Å². The average molecular weight is 322 g/mol. The third kappa shape index (κ3) is 3.74. The largest absolute Gasteiger partial charge is 0.424 e. The Bertz CT molecular complexity index is 703. The fourth-order valence-corrected chi connectivity index (χ4v) is 2.02. The molecule has 0 saturated heterocycles. The number of hydrogen-bond acceptors (Lipinski definition) is 6. The number of ether oxygens (including phenoxy) is 1. The third-order valence-electron chi connectivity index (χ3n) is 1.87. The van der Waals surface area contributed by atoms with Crippen molar-refractivity contribution >= 4 is 33.3 Å². The Balaban J connectivity index is 2.33. The van der Waals surface area contributed by atoms with Crippen molar-refractivity contribution in [2.45, 2.75) is 4.90 Å². The smallest absolute Gasteiger partial charge is 0.327 e. The standard InChI is InChI=1S/C9H5Cl2N3O4S/c10-7-12-8(11)14-9(13-7)18-5-2-1-3-6(4-5)19(15,16)17/h1-4H,(H,15,16,17). The first kappa shape index (κ1) is 13.9. The van der Waals surface area contributed by atoms with Gasteiger partial charge in [-0.3, -0.25) is 4.55 Å². The molecule has 7 nitrogen and oxygen atoms in total. The van der Waals surface area contributed by atoms with Gasteiger partial charge < -0.3 is 4.74 Å². The van der Waals surface area contributed by atoms with Gasteiger partial charge in [0.05, 0.1) is 4.90 Å². The molecule has 0 aliphatic carbocycles. The molecule has 2 aromatic rings. The van der Waals surface area contributed by atoms with Gasteiger partial charge in [-0.15, -0.1) is 0 Å². The molecule has 0 spiro atoms. The minimum atomic E-state index is -4.32. The van der Waals surface area contributed by atoms with Gasteiger partial charge in [-0.1, -0.05) is 6.07 Å². The summed E-state index contributed by atoms with van der Waals surface area (Å²) in [6, 6.07) is 4.93. The molecule has 2 rings (SSSR count). The van der Waals surface area contributed by atoms with Crippen molar-refractivity contribution in [1.29, 1.82) is 0 Å². The van der Waals surface area contributed by atoms with E-state index in [1.165, 1.54) is 18.2 Å². The van der Waals surface area contributed by atoms with E-state index < -0.39 is 10.1 Å². The highest BCUT2D eigenvalue weighted by Gasteiger charge is 2.11. The van der Waals surface area contributed by atoms with Crippen LogP contribution in [0, 0.1) is 0 Å². The van der Waals surface area contributed by atoms with Gasteiger partial charge in [0.1, 0.15) is 5.75 Å². The van der Waals surface area contributed by atoms with Gasteiger partial charge in [0.15, 0.2) is 0 Å². The number of halogens is 2. The quantitative estimate of drug-likeness (QED) is 0.864. The Hall–Kier alpha value is -1.48. The SMILES string of the molecule is O=S(=O)(O)c1cccc(Oc2nc(Cl)nc(Cl)n2)c1. The van der Waals surface area contributed by atoms with Crippen molar-refractivity contribution in [3.05, 3.63) is 34.8 Å². The minimum Gasteiger partial charge on any atom is -0.424 e. The molecule has 1 N–H and O–H groups in total. The van der Waals surface area contributed by atoms with E-state index in [1.807, 2.05) is 0 Å². The molecular formula is C9H5Cl2N3O4S. The highest BCUT2D eigenvalue weighted by Crippen LogP contribution is 2.22.